The molecule has 5 heteroatoms. The van der Waals surface area contributed by atoms with Crippen LogP contribution in [0, 0.1) is 6.92 Å². The molecule has 0 aliphatic carbocycles. The Morgan fingerprint density at radius 1 is 0.926 bits per heavy atom. The standard InChI is InChI=1S/C22H18BrNO3/c1-14-2-8-17(9-3-14)24-20(15-4-6-16(23)7-5-15)21(22(24)26)27-19-12-10-18(25)11-13-19/h2-13,20-21,25H,1H3/t20-,21+/m1/s1. The van der Waals surface area contributed by atoms with E-state index in [2.05, 4.69) is 15.9 Å². The van der Waals surface area contributed by atoms with Crippen LogP contribution in [0.3, 0.4) is 0 Å². The number of carbonyl (C=O) groups is 1. The van der Waals surface area contributed by atoms with Gasteiger partial charge in [-0.25, -0.2) is 0 Å². The lowest BCUT2D eigenvalue weighted by Gasteiger charge is -2.46. The molecule has 1 amide bonds. The fraction of sp³-hybridized carbons (Fsp3) is 0.136. The number of hydrogen-bond donors (Lipinski definition) is 1. The number of aryl methyl sites for hydroxylation is 1. The lowest BCUT2D eigenvalue weighted by Crippen LogP contribution is -2.61. The van der Waals surface area contributed by atoms with Crippen molar-refractivity contribution in [1.82, 2.24) is 0 Å². The summed E-state index contributed by atoms with van der Waals surface area (Å²) in [5, 5.41) is 9.45. The second-order valence-electron chi connectivity index (χ2n) is 6.57. The second-order valence-corrected chi connectivity index (χ2v) is 7.49. The Labute approximate surface area is 166 Å². The molecule has 3 aromatic rings. The number of hydrogen-bond acceptors (Lipinski definition) is 3. The molecule has 1 aliphatic heterocycles. The zero-order valence-electron chi connectivity index (χ0n) is 14.7. The summed E-state index contributed by atoms with van der Waals surface area (Å²) in [6.07, 6.45) is -0.614. The number of carbonyl (C=O) groups excluding carboxylic acids is 1. The Morgan fingerprint density at radius 2 is 1.56 bits per heavy atom. The fourth-order valence-electron chi connectivity index (χ4n) is 3.23. The summed E-state index contributed by atoms with van der Waals surface area (Å²) in [5.41, 5.74) is 3.00. The van der Waals surface area contributed by atoms with Crippen LogP contribution in [0.5, 0.6) is 11.5 Å². The van der Waals surface area contributed by atoms with Crippen LogP contribution in [0.25, 0.3) is 0 Å². The number of aromatic hydroxyl groups is 1. The van der Waals surface area contributed by atoms with E-state index in [9.17, 15) is 9.90 Å². The molecule has 2 atom stereocenters. The van der Waals surface area contributed by atoms with Gasteiger partial charge in [-0.3, -0.25) is 9.69 Å². The SMILES string of the molecule is Cc1ccc(N2C(=O)[C@@H](Oc3ccc(O)cc3)[C@H]2c2ccc(Br)cc2)cc1. The molecule has 1 saturated heterocycles. The zero-order chi connectivity index (χ0) is 19.0. The first-order valence-electron chi connectivity index (χ1n) is 8.64. The lowest BCUT2D eigenvalue weighted by molar-refractivity contribution is -0.135. The molecule has 1 fully saturated rings. The molecular weight excluding hydrogens is 406 g/mol. The molecule has 4 rings (SSSR count). The highest BCUT2D eigenvalue weighted by molar-refractivity contribution is 9.10. The predicted octanol–water partition coefficient (Wildman–Crippen LogP) is 5.00. The van der Waals surface area contributed by atoms with E-state index in [0.29, 0.717) is 5.75 Å². The van der Waals surface area contributed by atoms with Crippen LogP contribution in [0.2, 0.25) is 0 Å². The van der Waals surface area contributed by atoms with E-state index in [0.717, 1.165) is 21.3 Å². The normalized spacial score (nSPS) is 18.9. The minimum absolute atomic E-state index is 0.0835. The van der Waals surface area contributed by atoms with Crippen LogP contribution in [-0.2, 0) is 4.79 Å². The lowest BCUT2D eigenvalue weighted by atomic mass is 9.89. The van der Waals surface area contributed by atoms with Gasteiger partial charge in [0.25, 0.3) is 5.91 Å². The van der Waals surface area contributed by atoms with E-state index < -0.39 is 6.10 Å². The van der Waals surface area contributed by atoms with E-state index in [1.54, 1.807) is 29.2 Å². The van der Waals surface area contributed by atoms with Crippen molar-refractivity contribution in [2.45, 2.75) is 19.1 Å². The molecule has 0 spiro atoms. The predicted molar refractivity (Wildman–Crippen MR) is 108 cm³/mol. The van der Waals surface area contributed by atoms with Gasteiger partial charge < -0.3 is 9.84 Å². The number of nitrogens with zero attached hydrogens (tertiary/aromatic N) is 1. The highest BCUT2D eigenvalue weighted by Crippen LogP contribution is 2.41. The second kappa shape index (κ2) is 7.08. The third kappa shape index (κ3) is 3.43. The van der Waals surface area contributed by atoms with Gasteiger partial charge in [-0.05, 0) is 61.0 Å². The number of rotatable bonds is 4. The molecule has 0 aromatic heterocycles. The van der Waals surface area contributed by atoms with Crippen molar-refractivity contribution < 1.29 is 14.6 Å². The van der Waals surface area contributed by atoms with Crippen LogP contribution in [0.1, 0.15) is 17.2 Å². The molecule has 1 heterocycles. The first-order valence-corrected chi connectivity index (χ1v) is 9.43. The van der Waals surface area contributed by atoms with Crippen molar-refractivity contribution in [2.24, 2.45) is 0 Å². The van der Waals surface area contributed by atoms with E-state index in [-0.39, 0.29) is 17.7 Å². The van der Waals surface area contributed by atoms with Crippen LogP contribution >= 0.6 is 15.9 Å². The first-order chi connectivity index (χ1) is 13.0. The van der Waals surface area contributed by atoms with Crippen LogP contribution in [-0.4, -0.2) is 17.1 Å². The Balaban J connectivity index is 1.67. The third-order valence-corrected chi connectivity index (χ3v) is 5.20. The van der Waals surface area contributed by atoms with Crippen molar-refractivity contribution >= 4 is 27.5 Å². The van der Waals surface area contributed by atoms with Gasteiger partial charge in [0.15, 0.2) is 0 Å². The minimum atomic E-state index is -0.614. The van der Waals surface area contributed by atoms with E-state index >= 15 is 0 Å². The van der Waals surface area contributed by atoms with Crippen molar-refractivity contribution in [3.05, 3.63) is 88.4 Å². The molecule has 0 radical (unpaired) electrons. The molecule has 0 bridgehead atoms. The summed E-state index contributed by atoms with van der Waals surface area (Å²) >= 11 is 3.45. The van der Waals surface area contributed by atoms with Crippen molar-refractivity contribution in [3.8, 4) is 11.5 Å². The Bertz CT molecular complexity index is 952. The van der Waals surface area contributed by atoms with Crippen LogP contribution < -0.4 is 9.64 Å². The molecule has 136 valence electrons. The molecule has 4 nitrogen and oxygen atoms in total. The highest BCUT2D eigenvalue weighted by atomic mass is 79.9. The van der Waals surface area contributed by atoms with Gasteiger partial charge in [0.2, 0.25) is 6.10 Å². The van der Waals surface area contributed by atoms with Gasteiger partial charge in [-0.1, -0.05) is 45.8 Å². The number of halogens is 1. The summed E-state index contributed by atoms with van der Waals surface area (Å²) in [6, 6.07) is 22.0. The molecule has 27 heavy (non-hydrogen) atoms. The maximum absolute atomic E-state index is 12.9. The van der Waals surface area contributed by atoms with Gasteiger partial charge >= 0.3 is 0 Å². The quantitative estimate of drug-likeness (QED) is 0.600. The topological polar surface area (TPSA) is 49.8 Å². The number of β-lactam (4-membered cyclic amide) rings is 1. The van der Waals surface area contributed by atoms with E-state index in [4.69, 9.17) is 4.74 Å². The Hall–Kier alpha value is -2.79. The summed E-state index contributed by atoms with van der Waals surface area (Å²) in [4.78, 5) is 14.7. The van der Waals surface area contributed by atoms with Crippen LogP contribution in [0.4, 0.5) is 5.69 Å². The first kappa shape index (κ1) is 17.6. The van der Waals surface area contributed by atoms with E-state index in [1.807, 2.05) is 55.5 Å². The Kier molecular flexibility index (Phi) is 4.62. The van der Waals surface area contributed by atoms with Crippen LogP contribution in [0.15, 0.2) is 77.3 Å². The molecule has 1 N–H and O–H groups in total. The number of anilines is 1. The molecule has 0 saturated carbocycles. The van der Waals surface area contributed by atoms with E-state index in [1.165, 1.54) is 0 Å². The average Bonchev–Trinajstić information content (AvgIpc) is 2.67. The monoisotopic (exact) mass is 423 g/mol. The summed E-state index contributed by atoms with van der Waals surface area (Å²) in [5.74, 6) is 0.629. The maximum atomic E-state index is 12.9. The van der Waals surface area contributed by atoms with Gasteiger partial charge in [0, 0.05) is 10.2 Å². The number of phenolic OH excluding ortho intramolecular Hbond substituents is 1. The maximum Gasteiger partial charge on any atom is 0.271 e. The van der Waals surface area contributed by atoms with Crippen molar-refractivity contribution in [2.75, 3.05) is 4.90 Å². The zero-order valence-corrected chi connectivity index (χ0v) is 16.3. The van der Waals surface area contributed by atoms with Gasteiger partial charge in [0.1, 0.15) is 17.5 Å². The number of phenols is 1. The third-order valence-electron chi connectivity index (χ3n) is 4.67. The fourth-order valence-corrected chi connectivity index (χ4v) is 3.49. The molecule has 1 aliphatic rings. The highest BCUT2D eigenvalue weighted by Gasteiger charge is 2.51. The summed E-state index contributed by atoms with van der Waals surface area (Å²) < 4.78 is 6.96. The smallest absolute Gasteiger partial charge is 0.271 e. The average molecular weight is 424 g/mol. The molecular formula is C22H18BrNO3. The minimum Gasteiger partial charge on any atom is -0.508 e. The van der Waals surface area contributed by atoms with Gasteiger partial charge in [0.05, 0.1) is 0 Å². The van der Waals surface area contributed by atoms with Crippen molar-refractivity contribution in [3.63, 3.8) is 0 Å². The number of ether oxygens (including phenoxy) is 1. The van der Waals surface area contributed by atoms with Gasteiger partial charge in [-0.15, -0.1) is 0 Å². The summed E-state index contributed by atoms with van der Waals surface area (Å²) in [6.45, 7) is 2.02. The number of benzene rings is 3. The summed E-state index contributed by atoms with van der Waals surface area (Å²) in [7, 11) is 0. The van der Waals surface area contributed by atoms with Gasteiger partial charge in [-0.2, -0.15) is 0 Å². The molecule has 0 unspecified atom stereocenters. The Morgan fingerprint density at radius 3 is 2.19 bits per heavy atom. The molecule has 3 aromatic carbocycles. The number of amides is 1. The van der Waals surface area contributed by atoms with Crippen molar-refractivity contribution in [1.29, 1.82) is 0 Å². The largest absolute Gasteiger partial charge is 0.508 e.